The van der Waals surface area contributed by atoms with Crippen molar-refractivity contribution in [3.8, 4) is 0 Å². The summed E-state index contributed by atoms with van der Waals surface area (Å²) in [7, 11) is 1.61. The number of hydrogen-bond acceptors (Lipinski definition) is 7. The van der Waals surface area contributed by atoms with Crippen molar-refractivity contribution in [2.45, 2.75) is 63.6 Å². The van der Waals surface area contributed by atoms with Gasteiger partial charge in [-0.1, -0.05) is 6.92 Å². The Kier molecular flexibility index (Phi) is 6.16. The minimum atomic E-state index is -0.167. The molecule has 9 heteroatoms. The number of carbonyl (C=O) groups excluding carboxylic acids is 1. The molecule has 3 aliphatic heterocycles. The van der Waals surface area contributed by atoms with Gasteiger partial charge in [0.15, 0.2) is 0 Å². The third-order valence-corrected chi connectivity index (χ3v) is 7.75. The van der Waals surface area contributed by atoms with Crippen molar-refractivity contribution in [3.63, 3.8) is 0 Å². The van der Waals surface area contributed by atoms with Crippen LogP contribution in [0, 0.1) is 0 Å². The molecule has 34 heavy (non-hydrogen) atoms. The molecule has 182 valence electrons. The maximum absolute atomic E-state index is 12.7. The lowest BCUT2D eigenvalue weighted by Crippen LogP contribution is -2.47. The molecule has 2 N–H and O–H groups in total. The molecular formula is C25H34N6O3. The van der Waals surface area contributed by atoms with Crippen molar-refractivity contribution in [3.05, 3.63) is 51.5 Å². The third-order valence-electron chi connectivity index (χ3n) is 7.75. The van der Waals surface area contributed by atoms with Crippen LogP contribution in [-0.4, -0.2) is 71.1 Å². The zero-order valence-electron chi connectivity index (χ0n) is 20.3. The average molecular weight is 467 g/mol. The molecule has 2 aromatic heterocycles. The van der Waals surface area contributed by atoms with E-state index in [1.165, 1.54) is 0 Å². The van der Waals surface area contributed by atoms with E-state index in [9.17, 15) is 9.59 Å². The number of aromatic nitrogens is 3. The Balaban J connectivity index is 1.25. The largest absolute Gasteiger partial charge is 0.376 e. The molecule has 2 atom stereocenters. The van der Waals surface area contributed by atoms with Gasteiger partial charge in [0.1, 0.15) is 11.5 Å². The number of anilines is 1. The van der Waals surface area contributed by atoms with Crippen LogP contribution in [0.2, 0.25) is 0 Å². The number of nitrogens with zero attached hydrogens (tertiary/aromatic N) is 4. The van der Waals surface area contributed by atoms with E-state index in [1.54, 1.807) is 19.3 Å². The van der Waals surface area contributed by atoms with Crippen LogP contribution < -0.4 is 15.8 Å². The van der Waals surface area contributed by atoms with Crippen LogP contribution in [0.5, 0.6) is 0 Å². The molecule has 0 radical (unpaired) electrons. The lowest BCUT2D eigenvalue weighted by molar-refractivity contribution is 0.0958. The highest BCUT2D eigenvalue weighted by Crippen LogP contribution is 2.39. The zero-order valence-corrected chi connectivity index (χ0v) is 20.3. The van der Waals surface area contributed by atoms with Gasteiger partial charge in [0.2, 0.25) is 0 Å². The fourth-order valence-corrected chi connectivity index (χ4v) is 5.87. The van der Waals surface area contributed by atoms with Crippen LogP contribution in [0.3, 0.4) is 0 Å². The van der Waals surface area contributed by atoms with E-state index < -0.39 is 0 Å². The number of hydrogen-bond donors (Lipinski definition) is 2. The number of ether oxygens (including phenoxy) is 1. The van der Waals surface area contributed by atoms with E-state index in [1.807, 2.05) is 6.07 Å². The Morgan fingerprint density at radius 3 is 2.79 bits per heavy atom. The number of piperidine rings is 1. The molecule has 2 fully saturated rings. The van der Waals surface area contributed by atoms with Gasteiger partial charge in [0.25, 0.3) is 11.5 Å². The molecule has 5 rings (SSSR count). The highest BCUT2D eigenvalue weighted by molar-refractivity contribution is 5.92. The normalized spacial score (nSPS) is 25.9. The summed E-state index contributed by atoms with van der Waals surface area (Å²) < 4.78 is 5.45. The van der Waals surface area contributed by atoms with Crippen LogP contribution in [-0.2, 0) is 23.2 Å². The number of likely N-dealkylation sites (tertiary alicyclic amines) is 1. The number of aromatic amines is 1. The van der Waals surface area contributed by atoms with Gasteiger partial charge in [0, 0.05) is 50.6 Å². The van der Waals surface area contributed by atoms with E-state index in [2.05, 4.69) is 38.9 Å². The number of carbonyl (C=O) groups is 1. The van der Waals surface area contributed by atoms with Crippen LogP contribution >= 0.6 is 0 Å². The fraction of sp³-hybridized carbons (Fsp3) is 0.600. The number of pyridine rings is 1. The van der Waals surface area contributed by atoms with E-state index in [0.29, 0.717) is 43.0 Å². The summed E-state index contributed by atoms with van der Waals surface area (Å²) in [5.74, 6) is 0.659. The Morgan fingerprint density at radius 1 is 1.29 bits per heavy atom. The summed E-state index contributed by atoms with van der Waals surface area (Å²) in [6, 6.07) is 4.70. The molecule has 0 aromatic carbocycles. The van der Waals surface area contributed by atoms with Gasteiger partial charge in [-0.25, -0.2) is 9.97 Å². The zero-order chi connectivity index (χ0) is 23.9. The van der Waals surface area contributed by atoms with Crippen molar-refractivity contribution >= 4 is 11.6 Å². The van der Waals surface area contributed by atoms with Crippen molar-refractivity contribution < 1.29 is 9.53 Å². The first-order valence-electron chi connectivity index (χ1n) is 12.3. The van der Waals surface area contributed by atoms with Crippen LogP contribution in [0.15, 0.2) is 23.1 Å². The fourth-order valence-electron chi connectivity index (χ4n) is 5.87. The predicted octanol–water partition coefficient (Wildman–Crippen LogP) is 1.62. The molecule has 2 saturated heterocycles. The highest BCUT2D eigenvalue weighted by atomic mass is 16.5. The maximum Gasteiger partial charge on any atom is 0.269 e. The summed E-state index contributed by atoms with van der Waals surface area (Å²) in [5, 5.41) is 2.61. The summed E-state index contributed by atoms with van der Waals surface area (Å²) in [6.07, 6.45) is 5.63. The molecule has 3 aliphatic rings. The molecule has 2 aromatic rings. The van der Waals surface area contributed by atoms with Gasteiger partial charge in [0.05, 0.1) is 36.4 Å². The second-order valence-electron chi connectivity index (χ2n) is 10.1. The Labute approximate surface area is 199 Å². The highest BCUT2D eigenvalue weighted by Gasteiger charge is 2.45. The molecule has 1 amide bonds. The molecule has 0 aliphatic carbocycles. The maximum atomic E-state index is 12.7. The number of H-pyrrole nitrogens is 1. The van der Waals surface area contributed by atoms with Gasteiger partial charge in [-0.2, -0.15) is 0 Å². The first-order valence-corrected chi connectivity index (χ1v) is 12.3. The number of amides is 1. The van der Waals surface area contributed by atoms with E-state index in [0.717, 1.165) is 56.1 Å². The third kappa shape index (κ3) is 4.22. The second-order valence-corrected chi connectivity index (χ2v) is 10.1. The van der Waals surface area contributed by atoms with Crippen LogP contribution in [0.1, 0.15) is 60.7 Å². The van der Waals surface area contributed by atoms with Gasteiger partial charge < -0.3 is 19.9 Å². The van der Waals surface area contributed by atoms with Crippen molar-refractivity contribution in [1.29, 1.82) is 0 Å². The monoisotopic (exact) mass is 466 g/mol. The Hall–Kier alpha value is -2.78. The standard InChI is InChI=1S/C25H34N6O3/c1-16-12-25(2,24-28-20-8-11-34-14-19(20)22(32)29-24)15-31(16)17-6-9-30(10-7-17)18-4-5-21(27-13-18)23(33)26-3/h4-5,13,16-17H,6-12,14-15H2,1-3H3,(H,26,33)(H,28,29,32). The number of nitrogens with one attached hydrogen (secondary N) is 2. The van der Waals surface area contributed by atoms with Crippen molar-refractivity contribution in [1.82, 2.24) is 25.2 Å². The molecule has 0 bridgehead atoms. The summed E-state index contributed by atoms with van der Waals surface area (Å²) in [5.41, 5.74) is 2.88. The molecule has 9 nitrogen and oxygen atoms in total. The lowest BCUT2D eigenvalue weighted by Gasteiger charge is -2.39. The SMILES string of the molecule is CNC(=O)c1ccc(N2CCC(N3CC(C)(c4nc5c(c(=O)[nH]4)COCC5)CC3C)CC2)cn1. The first kappa shape index (κ1) is 23.0. The number of rotatable bonds is 4. The predicted molar refractivity (Wildman–Crippen MR) is 129 cm³/mol. The van der Waals surface area contributed by atoms with Gasteiger partial charge in [-0.05, 0) is 38.3 Å². The topological polar surface area (TPSA) is 103 Å². The quantitative estimate of drug-likeness (QED) is 0.706. The average Bonchev–Trinajstić information content (AvgIpc) is 3.19. The minimum absolute atomic E-state index is 0.0450. The Bertz CT molecular complexity index is 1110. The molecule has 0 spiro atoms. The summed E-state index contributed by atoms with van der Waals surface area (Å²) in [6.45, 7) is 8.34. The van der Waals surface area contributed by atoms with Gasteiger partial charge in [-0.15, -0.1) is 0 Å². The smallest absolute Gasteiger partial charge is 0.269 e. The van der Waals surface area contributed by atoms with Crippen LogP contribution in [0.4, 0.5) is 5.69 Å². The van der Waals surface area contributed by atoms with E-state index in [-0.39, 0.29) is 16.9 Å². The van der Waals surface area contributed by atoms with Crippen LogP contribution in [0.25, 0.3) is 0 Å². The molecule has 2 unspecified atom stereocenters. The second kappa shape index (κ2) is 9.11. The van der Waals surface area contributed by atoms with Crippen molar-refractivity contribution in [2.24, 2.45) is 0 Å². The molecule has 5 heterocycles. The summed E-state index contributed by atoms with van der Waals surface area (Å²) in [4.78, 5) is 41.7. The van der Waals surface area contributed by atoms with Crippen molar-refractivity contribution in [2.75, 3.05) is 38.2 Å². The minimum Gasteiger partial charge on any atom is -0.376 e. The number of fused-ring (bicyclic) bond motifs is 1. The first-order chi connectivity index (χ1) is 16.4. The van der Waals surface area contributed by atoms with Gasteiger partial charge >= 0.3 is 0 Å². The summed E-state index contributed by atoms with van der Waals surface area (Å²) >= 11 is 0. The molecular weight excluding hydrogens is 432 g/mol. The van der Waals surface area contributed by atoms with E-state index in [4.69, 9.17) is 9.72 Å². The Morgan fingerprint density at radius 2 is 2.09 bits per heavy atom. The van der Waals surface area contributed by atoms with E-state index >= 15 is 0 Å². The molecule has 0 saturated carbocycles. The lowest BCUT2D eigenvalue weighted by atomic mass is 9.86. The van der Waals surface area contributed by atoms with Gasteiger partial charge in [-0.3, -0.25) is 14.5 Å².